The van der Waals surface area contributed by atoms with Crippen LogP contribution in [0.4, 0.5) is 14.5 Å². The number of hydrazine groups is 1. The molecule has 0 aliphatic carbocycles. The Kier molecular flexibility index (Phi) is 16.2. The predicted molar refractivity (Wildman–Crippen MR) is 212 cm³/mol. The van der Waals surface area contributed by atoms with Crippen LogP contribution in [-0.2, 0) is 43.8 Å². The van der Waals surface area contributed by atoms with Gasteiger partial charge in [-0.05, 0) is 59.3 Å². The Balaban J connectivity index is 1.86. The average Bonchev–Trinajstić information content (AvgIpc) is 3.53. The maximum atomic E-state index is 14.4. The highest BCUT2D eigenvalue weighted by atomic mass is 19.1. The van der Waals surface area contributed by atoms with Crippen molar-refractivity contribution in [1.82, 2.24) is 26.0 Å². The summed E-state index contributed by atoms with van der Waals surface area (Å²) in [7, 11) is 0. The zero-order valence-corrected chi connectivity index (χ0v) is 34.9. The molecule has 0 saturated carbocycles. The Morgan fingerprint density at radius 1 is 0.867 bits per heavy atom. The summed E-state index contributed by atoms with van der Waals surface area (Å²) in [5, 5.41) is 26.7. The molecule has 60 heavy (non-hydrogen) atoms. The zero-order valence-electron chi connectivity index (χ0n) is 34.9. The number of amides is 6. The predicted octanol–water partition coefficient (Wildman–Crippen LogP) is 2.98. The monoisotopic (exact) mass is 844 g/mol. The number of nitrogens with zero attached hydrogens (tertiary/aromatic N) is 2. The van der Waals surface area contributed by atoms with Gasteiger partial charge in [0.25, 0.3) is 11.8 Å². The van der Waals surface area contributed by atoms with Crippen molar-refractivity contribution in [2.24, 2.45) is 17.3 Å². The lowest BCUT2D eigenvalue weighted by atomic mass is 9.81. The number of carboxylic acid groups (broad SMARTS) is 2. The number of nitrogens with one attached hydrogen (secondary N) is 4. The van der Waals surface area contributed by atoms with E-state index in [4.69, 9.17) is 4.74 Å². The number of para-hydroxylation sites is 2. The lowest BCUT2D eigenvalue weighted by molar-refractivity contribution is -0.154. The molecule has 0 radical (unpaired) electrons. The SMILES string of the molecule is CC(C)[C@H](NC(=O)[C@H](CC(=O)O)NC(=O)C(=O)Nc1ccccc1C(C)(C)C)C(=O)N1CC[C@H](CC(C)(C)C)[C@H]1C(=O)NN(CC(=O)O)C(=O)COc1c(F)cccc1F. The molecule has 1 heterocycles. The van der Waals surface area contributed by atoms with E-state index in [2.05, 4.69) is 21.4 Å². The molecular weight excluding hydrogens is 790 g/mol. The molecule has 0 spiro atoms. The molecule has 4 atom stereocenters. The summed E-state index contributed by atoms with van der Waals surface area (Å²) in [5.41, 5.74) is 2.43. The van der Waals surface area contributed by atoms with E-state index in [-0.39, 0.29) is 13.0 Å². The molecule has 1 aliphatic rings. The van der Waals surface area contributed by atoms with Crippen molar-refractivity contribution in [3.63, 3.8) is 0 Å². The van der Waals surface area contributed by atoms with Gasteiger partial charge in [-0.2, -0.15) is 0 Å². The van der Waals surface area contributed by atoms with Crippen LogP contribution in [0.2, 0.25) is 0 Å². The van der Waals surface area contributed by atoms with Crippen LogP contribution in [-0.4, -0.2) is 105 Å². The number of ether oxygens (including phenoxy) is 1. The summed E-state index contributed by atoms with van der Waals surface area (Å²) >= 11 is 0. The van der Waals surface area contributed by atoms with E-state index in [0.29, 0.717) is 22.7 Å². The van der Waals surface area contributed by atoms with Gasteiger partial charge in [0.2, 0.25) is 11.8 Å². The topological polar surface area (TPSA) is 241 Å². The summed E-state index contributed by atoms with van der Waals surface area (Å²) in [5.74, 6) is -14.1. The van der Waals surface area contributed by atoms with Crippen LogP contribution in [0, 0.1) is 28.9 Å². The second-order valence-corrected chi connectivity index (χ2v) is 17.1. The van der Waals surface area contributed by atoms with Crippen molar-refractivity contribution < 1.29 is 62.1 Å². The quantitative estimate of drug-likeness (QED) is 0.113. The van der Waals surface area contributed by atoms with Crippen LogP contribution in [0.1, 0.15) is 80.2 Å². The highest BCUT2D eigenvalue weighted by Gasteiger charge is 2.46. The van der Waals surface area contributed by atoms with Crippen LogP contribution in [0.5, 0.6) is 5.75 Å². The summed E-state index contributed by atoms with van der Waals surface area (Å²) in [4.78, 5) is 106. The first-order valence-electron chi connectivity index (χ1n) is 19.2. The smallest absolute Gasteiger partial charge is 0.325 e. The first-order chi connectivity index (χ1) is 27.8. The Morgan fingerprint density at radius 3 is 2.03 bits per heavy atom. The first kappa shape index (κ1) is 48.2. The first-order valence-corrected chi connectivity index (χ1v) is 19.2. The summed E-state index contributed by atoms with van der Waals surface area (Å²) < 4.78 is 33.3. The molecule has 0 bridgehead atoms. The van der Waals surface area contributed by atoms with Gasteiger partial charge in [-0.25, -0.2) is 13.8 Å². The summed E-state index contributed by atoms with van der Waals surface area (Å²) in [6.45, 7) is 12.3. The van der Waals surface area contributed by atoms with Crippen molar-refractivity contribution in [2.45, 2.75) is 98.2 Å². The van der Waals surface area contributed by atoms with Gasteiger partial charge in [-0.15, -0.1) is 0 Å². The molecule has 1 aliphatic heterocycles. The minimum absolute atomic E-state index is 0.0230. The van der Waals surface area contributed by atoms with E-state index in [0.717, 1.165) is 23.1 Å². The molecule has 328 valence electrons. The largest absolute Gasteiger partial charge is 0.481 e. The van der Waals surface area contributed by atoms with Crippen molar-refractivity contribution in [1.29, 1.82) is 0 Å². The highest BCUT2D eigenvalue weighted by molar-refractivity contribution is 6.40. The number of aliphatic carboxylic acids is 2. The number of benzene rings is 2. The number of likely N-dealkylation sites (tertiary alicyclic amines) is 1. The van der Waals surface area contributed by atoms with Crippen LogP contribution in [0.25, 0.3) is 0 Å². The summed E-state index contributed by atoms with van der Waals surface area (Å²) in [6.07, 6.45) is -0.329. The van der Waals surface area contributed by atoms with Gasteiger partial charge in [-0.3, -0.25) is 43.8 Å². The number of hydrogen-bond donors (Lipinski definition) is 6. The number of anilines is 1. The standard InChI is InChI=1S/C41H54F2N6O11/c1-22(2)32(46-35(55)28(18-30(51)52)45-38(58)37(57)44-27-15-10-9-12-24(27)41(6,7)8)39(59)48-17-16-23(19-40(3,4)5)33(48)36(56)47-49(20-31(53)54)29(50)21-60-34-25(42)13-11-14-26(34)43/h9-15,22-23,28,32-33H,16-21H2,1-8H3,(H,44,57)(H,45,58)(H,46,55)(H,47,56)(H,51,52)(H,53,54)/t23-,28+,32+,33+/m1/s1. The van der Waals surface area contributed by atoms with Gasteiger partial charge >= 0.3 is 23.8 Å². The summed E-state index contributed by atoms with van der Waals surface area (Å²) in [6, 6.07) is 4.99. The maximum absolute atomic E-state index is 14.4. The highest BCUT2D eigenvalue weighted by Crippen LogP contribution is 2.36. The van der Waals surface area contributed by atoms with Crippen LogP contribution < -0.4 is 26.1 Å². The van der Waals surface area contributed by atoms with Crippen molar-refractivity contribution in [2.75, 3.05) is 25.0 Å². The molecule has 0 unspecified atom stereocenters. The molecule has 1 fully saturated rings. The molecule has 17 nitrogen and oxygen atoms in total. The number of carbonyl (C=O) groups excluding carboxylic acids is 6. The lowest BCUT2D eigenvalue weighted by Crippen LogP contribution is -2.61. The molecule has 0 aromatic heterocycles. The number of rotatable bonds is 15. The minimum Gasteiger partial charge on any atom is -0.481 e. The van der Waals surface area contributed by atoms with E-state index < -0.39 is 125 Å². The molecule has 2 aromatic carbocycles. The Bertz CT molecular complexity index is 1940. The third kappa shape index (κ3) is 13.5. The fourth-order valence-electron chi connectivity index (χ4n) is 6.80. The molecular formula is C41H54F2N6O11. The van der Waals surface area contributed by atoms with Gasteiger partial charge in [0.1, 0.15) is 24.7 Å². The third-order valence-corrected chi connectivity index (χ3v) is 9.47. The fraction of sp³-hybridized carbons (Fsp3) is 0.512. The van der Waals surface area contributed by atoms with Gasteiger partial charge in [0, 0.05) is 12.2 Å². The van der Waals surface area contributed by atoms with E-state index in [1.54, 1.807) is 38.1 Å². The van der Waals surface area contributed by atoms with E-state index in [9.17, 15) is 57.4 Å². The molecule has 6 amide bonds. The number of halogens is 2. The molecule has 2 aromatic rings. The van der Waals surface area contributed by atoms with Gasteiger partial charge in [0.15, 0.2) is 24.0 Å². The normalized spacial score (nSPS) is 16.3. The molecule has 19 heteroatoms. The van der Waals surface area contributed by atoms with Gasteiger partial charge < -0.3 is 35.8 Å². The molecule has 3 rings (SSSR count). The maximum Gasteiger partial charge on any atom is 0.325 e. The van der Waals surface area contributed by atoms with Crippen LogP contribution in [0.15, 0.2) is 42.5 Å². The van der Waals surface area contributed by atoms with Crippen LogP contribution in [0.3, 0.4) is 0 Å². The number of carboxylic acids is 2. The minimum atomic E-state index is -1.82. The second-order valence-electron chi connectivity index (χ2n) is 17.1. The number of hydrogen-bond acceptors (Lipinski definition) is 9. The van der Waals surface area contributed by atoms with Gasteiger partial charge in [-0.1, -0.05) is 79.7 Å². The Hall–Kier alpha value is -6.14. The van der Waals surface area contributed by atoms with Crippen molar-refractivity contribution in [3.8, 4) is 5.75 Å². The fourth-order valence-corrected chi connectivity index (χ4v) is 6.80. The van der Waals surface area contributed by atoms with Crippen LogP contribution >= 0.6 is 0 Å². The Morgan fingerprint density at radius 2 is 1.48 bits per heavy atom. The molecule has 6 N–H and O–H groups in total. The van der Waals surface area contributed by atoms with Crippen molar-refractivity contribution >= 4 is 53.1 Å². The van der Waals surface area contributed by atoms with E-state index in [1.165, 1.54) is 0 Å². The lowest BCUT2D eigenvalue weighted by Gasteiger charge is -2.35. The Labute approximate surface area is 346 Å². The van der Waals surface area contributed by atoms with E-state index in [1.807, 2.05) is 41.5 Å². The second kappa shape index (κ2) is 20.2. The zero-order chi connectivity index (χ0) is 45.3. The average molecular weight is 845 g/mol. The third-order valence-electron chi connectivity index (χ3n) is 9.47. The number of carbonyl (C=O) groups is 8. The molecule has 1 saturated heterocycles. The van der Waals surface area contributed by atoms with Gasteiger partial charge in [0.05, 0.1) is 6.42 Å². The van der Waals surface area contributed by atoms with Crippen molar-refractivity contribution in [3.05, 3.63) is 59.7 Å². The van der Waals surface area contributed by atoms with E-state index >= 15 is 0 Å².